The van der Waals surface area contributed by atoms with Crippen LogP contribution in [-0.2, 0) is 11.3 Å². The molecular formula is C24H28N4O4. The van der Waals surface area contributed by atoms with Crippen LogP contribution in [-0.4, -0.2) is 28.2 Å². The van der Waals surface area contributed by atoms with E-state index in [2.05, 4.69) is 22.9 Å². The lowest BCUT2D eigenvalue weighted by Crippen LogP contribution is -2.42. The van der Waals surface area contributed by atoms with Crippen LogP contribution in [0.4, 0.5) is 0 Å². The summed E-state index contributed by atoms with van der Waals surface area (Å²) >= 11 is 0. The van der Waals surface area contributed by atoms with Crippen molar-refractivity contribution in [2.24, 2.45) is 0 Å². The normalized spacial score (nSPS) is 10.7. The number of amides is 2. The summed E-state index contributed by atoms with van der Waals surface area (Å²) in [7, 11) is 0. The summed E-state index contributed by atoms with van der Waals surface area (Å²) in [5, 5.41) is 4.64. The fourth-order valence-corrected chi connectivity index (χ4v) is 3.23. The van der Waals surface area contributed by atoms with Gasteiger partial charge in [-0.1, -0.05) is 38.3 Å². The Morgan fingerprint density at radius 1 is 1.00 bits per heavy atom. The molecule has 0 unspecified atom stereocenters. The summed E-state index contributed by atoms with van der Waals surface area (Å²) in [6.45, 7) is 3.09. The predicted molar refractivity (Wildman–Crippen MR) is 122 cm³/mol. The summed E-state index contributed by atoms with van der Waals surface area (Å²) < 4.78 is 7.26. The Bertz CT molecular complexity index is 1110. The molecular weight excluding hydrogens is 408 g/mol. The molecule has 3 rings (SSSR count). The molecule has 0 saturated carbocycles. The second kappa shape index (κ2) is 11.6. The molecule has 1 heterocycles. The van der Waals surface area contributed by atoms with Gasteiger partial charge in [0.1, 0.15) is 5.75 Å². The average molecular weight is 437 g/mol. The molecule has 168 valence electrons. The number of hydrazine groups is 1. The number of carbonyl (C=O) groups is 2. The Labute approximate surface area is 186 Å². The van der Waals surface area contributed by atoms with Gasteiger partial charge in [-0.25, -0.2) is 0 Å². The molecule has 3 aromatic rings. The molecule has 0 atom stereocenters. The van der Waals surface area contributed by atoms with Crippen LogP contribution in [0.15, 0.2) is 59.5 Å². The number of unbranched alkanes of at least 4 members (excludes halogenated alkanes) is 3. The van der Waals surface area contributed by atoms with Crippen molar-refractivity contribution in [2.45, 2.75) is 45.6 Å². The molecule has 0 fully saturated rings. The number of nitrogens with one attached hydrogen (secondary N) is 2. The van der Waals surface area contributed by atoms with E-state index in [9.17, 15) is 14.4 Å². The van der Waals surface area contributed by atoms with Gasteiger partial charge in [0.25, 0.3) is 5.91 Å². The Morgan fingerprint density at radius 2 is 1.78 bits per heavy atom. The highest BCUT2D eigenvalue weighted by molar-refractivity contribution is 5.95. The lowest BCUT2D eigenvalue weighted by molar-refractivity contribution is -0.122. The molecule has 0 bridgehead atoms. The van der Waals surface area contributed by atoms with Crippen LogP contribution < -0.4 is 21.0 Å². The molecule has 32 heavy (non-hydrogen) atoms. The van der Waals surface area contributed by atoms with Crippen molar-refractivity contribution in [3.8, 4) is 5.75 Å². The van der Waals surface area contributed by atoms with E-state index in [0.29, 0.717) is 28.8 Å². The molecule has 8 heteroatoms. The minimum absolute atomic E-state index is 0.0882. The standard InChI is InChI=1S/C24H28N4O4/c1-2-3-4-7-16-32-19-12-10-18(11-13-19)24(31)27-26-23(30)14-15-28-21-9-6-5-8-20(21)22(29)17-25-28/h5-6,8-13,17H,2-4,7,14-16H2,1H3,(H,26,30)(H,27,31). The molecule has 2 amide bonds. The van der Waals surface area contributed by atoms with Crippen molar-refractivity contribution >= 4 is 22.7 Å². The summed E-state index contributed by atoms with van der Waals surface area (Å²) in [5.74, 6) is -0.0716. The molecule has 0 aliphatic heterocycles. The molecule has 2 N–H and O–H groups in total. The van der Waals surface area contributed by atoms with E-state index in [1.54, 1.807) is 47.1 Å². The highest BCUT2D eigenvalue weighted by Gasteiger charge is 2.09. The van der Waals surface area contributed by atoms with E-state index in [4.69, 9.17) is 4.74 Å². The quantitative estimate of drug-likeness (QED) is 0.375. The van der Waals surface area contributed by atoms with Crippen LogP contribution in [0.3, 0.4) is 0 Å². The Balaban J connectivity index is 1.44. The number of benzene rings is 2. The third kappa shape index (κ3) is 6.41. The van der Waals surface area contributed by atoms with Gasteiger partial charge in [-0.05, 0) is 42.8 Å². The van der Waals surface area contributed by atoms with Gasteiger partial charge in [-0.3, -0.25) is 29.9 Å². The maximum absolute atomic E-state index is 12.3. The highest BCUT2D eigenvalue weighted by atomic mass is 16.5. The van der Waals surface area contributed by atoms with Crippen LogP contribution in [0.5, 0.6) is 5.75 Å². The van der Waals surface area contributed by atoms with E-state index >= 15 is 0 Å². The predicted octanol–water partition coefficient (Wildman–Crippen LogP) is 3.21. The number of hydrogen-bond donors (Lipinski definition) is 2. The molecule has 1 aromatic heterocycles. The van der Waals surface area contributed by atoms with Crippen molar-refractivity contribution in [1.82, 2.24) is 20.6 Å². The number of fused-ring (bicyclic) bond motifs is 1. The van der Waals surface area contributed by atoms with Gasteiger partial charge in [0.15, 0.2) is 0 Å². The Morgan fingerprint density at radius 3 is 2.56 bits per heavy atom. The van der Waals surface area contributed by atoms with Gasteiger partial charge in [0.05, 0.1) is 24.9 Å². The average Bonchev–Trinajstić information content (AvgIpc) is 2.82. The third-order valence-corrected chi connectivity index (χ3v) is 5.01. The highest BCUT2D eigenvalue weighted by Crippen LogP contribution is 2.13. The van der Waals surface area contributed by atoms with E-state index in [0.717, 1.165) is 12.8 Å². The number of aryl methyl sites for hydroxylation is 1. The lowest BCUT2D eigenvalue weighted by Gasteiger charge is -2.11. The maximum Gasteiger partial charge on any atom is 0.269 e. The zero-order valence-corrected chi connectivity index (χ0v) is 18.2. The van der Waals surface area contributed by atoms with Gasteiger partial charge in [-0.2, -0.15) is 5.10 Å². The van der Waals surface area contributed by atoms with Crippen molar-refractivity contribution in [3.63, 3.8) is 0 Å². The number of rotatable bonds is 10. The molecule has 0 aliphatic rings. The zero-order valence-electron chi connectivity index (χ0n) is 18.2. The van der Waals surface area contributed by atoms with Crippen LogP contribution in [0, 0.1) is 0 Å². The molecule has 8 nitrogen and oxygen atoms in total. The molecule has 0 radical (unpaired) electrons. The van der Waals surface area contributed by atoms with Gasteiger partial charge < -0.3 is 4.74 Å². The van der Waals surface area contributed by atoms with E-state index in [1.807, 2.05) is 6.07 Å². The topological polar surface area (TPSA) is 102 Å². The van der Waals surface area contributed by atoms with Crippen molar-refractivity contribution in [2.75, 3.05) is 6.61 Å². The van der Waals surface area contributed by atoms with Gasteiger partial charge >= 0.3 is 0 Å². The summed E-state index contributed by atoms with van der Waals surface area (Å²) in [5.41, 5.74) is 5.72. The second-order valence-corrected chi connectivity index (χ2v) is 7.43. The summed E-state index contributed by atoms with van der Waals surface area (Å²) in [6.07, 6.45) is 5.86. The summed E-state index contributed by atoms with van der Waals surface area (Å²) in [6, 6.07) is 13.9. The molecule has 2 aromatic carbocycles. The largest absolute Gasteiger partial charge is 0.494 e. The number of hydrogen-bond acceptors (Lipinski definition) is 5. The third-order valence-electron chi connectivity index (χ3n) is 5.01. The molecule has 0 spiro atoms. The monoisotopic (exact) mass is 436 g/mol. The van der Waals surface area contributed by atoms with Crippen molar-refractivity contribution in [3.05, 3.63) is 70.5 Å². The van der Waals surface area contributed by atoms with E-state index in [1.165, 1.54) is 19.0 Å². The van der Waals surface area contributed by atoms with Crippen LogP contribution in [0.2, 0.25) is 0 Å². The smallest absolute Gasteiger partial charge is 0.269 e. The zero-order chi connectivity index (χ0) is 22.8. The first-order chi connectivity index (χ1) is 15.6. The minimum atomic E-state index is -0.417. The second-order valence-electron chi connectivity index (χ2n) is 7.43. The van der Waals surface area contributed by atoms with Gasteiger partial charge in [0, 0.05) is 17.4 Å². The fourth-order valence-electron chi connectivity index (χ4n) is 3.23. The van der Waals surface area contributed by atoms with E-state index in [-0.39, 0.29) is 24.3 Å². The van der Waals surface area contributed by atoms with Gasteiger partial charge in [-0.15, -0.1) is 0 Å². The first-order valence-electron chi connectivity index (χ1n) is 10.9. The van der Waals surface area contributed by atoms with Gasteiger partial charge in [0.2, 0.25) is 11.3 Å². The summed E-state index contributed by atoms with van der Waals surface area (Å²) in [4.78, 5) is 36.3. The number of ether oxygens (including phenoxy) is 1. The number of para-hydroxylation sites is 1. The maximum atomic E-state index is 12.3. The van der Waals surface area contributed by atoms with Crippen LogP contribution >= 0.6 is 0 Å². The number of carbonyl (C=O) groups excluding carboxylic acids is 2. The Kier molecular flexibility index (Phi) is 8.36. The van der Waals surface area contributed by atoms with Crippen LogP contribution in [0.25, 0.3) is 10.9 Å². The van der Waals surface area contributed by atoms with Crippen LogP contribution in [0.1, 0.15) is 49.4 Å². The SMILES string of the molecule is CCCCCCOc1ccc(C(=O)NNC(=O)CCn2ncc(=O)c3ccccc32)cc1. The van der Waals surface area contributed by atoms with E-state index < -0.39 is 5.91 Å². The molecule has 0 saturated heterocycles. The van der Waals surface area contributed by atoms with Crippen molar-refractivity contribution < 1.29 is 14.3 Å². The lowest BCUT2D eigenvalue weighted by atomic mass is 10.2. The Hall–Kier alpha value is -3.68. The fraction of sp³-hybridized carbons (Fsp3) is 0.333. The first kappa shape index (κ1) is 23.0. The number of aromatic nitrogens is 2. The minimum Gasteiger partial charge on any atom is -0.494 e. The van der Waals surface area contributed by atoms with Crippen molar-refractivity contribution in [1.29, 1.82) is 0 Å². The molecule has 0 aliphatic carbocycles. The first-order valence-corrected chi connectivity index (χ1v) is 10.9. The number of nitrogens with zero attached hydrogens (tertiary/aromatic N) is 2.